The van der Waals surface area contributed by atoms with E-state index in [0.29, 0.717) is 29.8 Å². The molecule has 0 saturated carbocycles. The summed E-state index contributed by atoms with van der Waals surface area (Å²) >= 11 is 1.33. The highest BCUT2D eigenvalue weighted by Gasteiger charge is 2.15. The maximum Gasteiger partial charge on any atom is 0.234 e. The SMILES string of the molecule is C=CCn1c(SCC(=O)Nc2ccc(OCc3ccccc3)cc2)nnc1-c1ccc(OC)cc1. The van der Waals surface area contributed by atoms with Crippen LogP contribution in [0.15, 0.2) is 96.7 Å². The summed E-state index contributed by atoms with van der Waals surface area (Å²) in [4.78, 5) is 12.5. The largest absolute Gasteiger partial charge is 0.497 e. The lowest BCUT2D eigenvalue weighted by atomic mass is 10.2. The van der Waals surface area contributed by atoms with Gasteiger partial charge in [-0.1, -0.05) is 48.2 Å². The minimum atomic E-state index is -0.132. The van der Waals surface area contributed by atoms with Crippen LogP contribution in [-0.2, 0) is 17.9 Å². The molecule has 4 aromatic rings. The summed E-state index contributed by atoms with van der Waals surface area (Å²) in [5.74, 6) is 2.29. The highest BCUT2D eigenvalue weighted by atomic mass is 32.2. The van der Waals surface area contributed by atoms with Crippen molar-refractivity contribution in [3.8, 4) is 22.9 Å². The molecule has 1 heterocycles. The fourth-order valence-corrected chi connectivity index (χ4v) is 4.09. The van der Waals surface area contributed by atoms with Crippen molar-refractivity contribution in [3.05, 3.63) is 97.1 Å². The fraction of sp³-hybridized carbons (Fsp3) is 0.148. The summed E-state index contributed by atoms with van der Waals surface area (Å²) < 4.78 is 13.0. The molecule has 0 radical (unpaired) electrons. The number of amides is 1. The summed E-state index contributed by atoms with van der Waals surface area (Å²) in [5.41, 5.74) is 2.71. The van der Waals surface area contributed by atoms with Gasteiger partial charge < -0.3 is 14.8 Å². The van der Waals surface area contributed by atoms with Crippen molar-refractivity contribution >= 4 is 23.4 Å². The maximum absolute atomic E-state index is 12.5. The normalized spacial score (nSPS) is 10.5. The molecule has 0 aliphatic rings. The van der Waals surface area contributed by atoms with Crippen molar-refractivity contribution < 1.29 is 14.3 Å². The van der Waals surface area contributed by atoms with Gasteiger partial charge in [-0.25, -0.2) is 0 Å². The van der Waals surface area contributed by atoms with Crippen LogP contribution in [0, 0.1) is 0 Å². The van der Waals surface area contributed by atoms with E-state index in [9.17, 15) is 4.79 Å². The molecule has 0 spiro atoms. The number of ether oxygens (including phenoxy) is 2. The van der Waals surface area contributed by atoms with E-state index in [1.807, 2.05) is 83.4 Å². The Hall–Kier alpha value is -4.04. The molecule has 4 rings (SSSR count). The monoisotopic (exact) mass is 486 g/mol. The number of methoxy groups -OCH3 is 1. The molecule has 8 heteroatoms. The van der Waals surface area contributed by atoms with Crippen LogP contribution in [0.4, 0.5) is 5.69 Å². The standard InChI is InChI=1S/C27H26N4O3S/c1-3-17-31-26(21-9-13-23(33-2)14-10-21)29-30-27(31)35-19-25(32)28-22-11-15-24(16-12-22)34-18-20-7-5-4-6-8-20/h3-16H,1,17-19H2,2H3,(H,28,32). The lowest BCUT2D eigenvalue weighted by Gasteiger charge is -2.09. The quantitative estimate of drug-likeness (QED) is 0.224. The van der Waals surface area contributed by atoms with Crippen LogP contribution in [0.2, 0.25) is 0 Å². The molecule has 3 aromatic carbocycles. The number of benzene rings is 3. The molecular weight excluding hydrogens is 460 g/mol. The molecule has 0 saturated heterocycles. The number of carbonyl (C=O) groups excluding carboxylic acids is 1. The van der Waals surface area contributed by atoms with E-state index < -0.39 is 0 Å². The Kier molecular flexibility index (Phi) is 8.19. The Morgan fingerprint density at radius 2 is 1.71 bits per heavy atom. The van der Waals surface area contributed by atoms with Gasteiger partial charge in [0.05, 0.1) is 12.9 Å². The number of hydrogen-bond donors (Lipinski definition) is 1. The first kappa shape index (κ1) is 24.1. The second-order valence-corrected chi connectivity index (χ2v) is 8.51. The molecule has 1 amide bonds. The van der Waals surface area contributed by atoms with Gasteiger partial charge in [-0.3, -0.25) is 9.36 Å². The van der Waals surface area contributed by atoms with E-state index in [1.165, 1.54) is 11.8 Å². The Labute approximate surface area is 208 Å². The Morgan fingerprint density at radius 3 is 2.40 bits per heavy atom. The zero-order chi connectivity index (χ0) is 24.5. The number of nitrogens with one attached hydrogen (secondary N) is 1. The Bertz CT molecular complexity index is 1260. The molecule has 0 unspecified atom stereocenters. The first-order valence-corrected chi connectivity index (χ1v) is 12.0. The highest BCUT2D eigenvalue weighted by Crippen LogP contribution is 2.26. The van der Waals surface area contributed by atoms with Crippen LogP contribution < -0.4 is 14.8 Å². The third-order valence-electron chi connectivity index (χ3n) is 5.10. The maximum atomic E-state index is 12.5. The average molecular weight is 487 g/mol. The summed E-state index contributed by atoms with van der Waals surface area (Å²) in [6.07, 6.45) is 1.78. The van der Waals surface area contributed by atoms with Crippen LogP contribution in [0.1, 0.15) is 5.56 Å². The van der Waals surface area contributed by atoms with Crippen LogP contribution in [0.5, 0.6) is 11.5 Å². The average Bonchev–Trinajstić information content (AvgIpc) is 3.30. The van der Waals surface area contributed by atoms with Gasteiger partial charge in [-0.2, -0.15) is 0 Å². The lowest BCUT2D eigenvalue weighted by Crippen LogP contribution is -2.14. The predicted octanol–water partition coefficient (Wildman–Crippen LogP) is 5.45. The highest BCUT2D eigenvalue weighted by molar-refractivity contribution is 7.99. The molecule has 7 nitrogen and oxygen atoms in total. The first-order chi connectivity index (χ1) is 17.2. The van der Waals surface area contributed by atoms with Crippen LogP contribution in [-0.4, -0.2) is 33.5 Å². The van der Waals surface area contributed by atoms with E-state index in [2.05, 4.69) is 22.1 Å². The third kappa shape index (κ3) is 6.51. The van der Waals surface area contributed by atoms with E-state index in [4.69, 9.17) is 9.47 Å². The van der Waals surface area contributed by atoms with E-state index in [-0.39, 0.29) is 11.7 Å². The number of thioether (sulfide) groups is 1. The van der Waals surface area contributed by atoms with Crippen molar-refractivity contribution in [1.82, 2.24) is 14.8 Å². The minimum absolute atomic E-state index is 0.132. The Morgan fingerprint density at radius 1 is 1.00 bits per heavy atom. The number of hydrogen-bond acceptors (Lipinski definition) is 6. The number of aromatic nitrogens is 3. The van der Waals surface area contributed by atoms with Gasteiger partial charge in [0.15, 0.2) is 11.0 Å². The number of rotatable bonds is 11. The summed E-state index contributed by atoms with van der Waals surface area (Å²) in [5, 5.41) is 12.2. The van der Waals surface area contributed by atoms with E-state index >= 15 is 0 Å². The van der Waals surface area contributed by atoms with Crippen LogP contribution >= 0.6 is 11.8 Å². The van der Waals surface area contributed by atoms with Gasteiger partial charge in [0.25, 0.3) is 0 Å². The first-order valence-electron chi connectivity index (χ1n) is 11.0. The number of carbonyl (C=O) groups is 1. The minimum Gasteiger partial charge on any atom is -0.497 e. The summed E-state index contributed by atoms with van der Waals surface area (Å²) in [6.45, 7) is 4.86. The topological polar surface area (TPSA) is 78.3 Å². The van der Waals surface area contributed by atoms with E-state index in [1.54, 1.807) is 13.2 Å². The predicted molar refractivity (Wildman–Crippen MR) is 139 cm³/mol. The smallest absolute Gasteiger partial charge is 0.234 e. The zero-order valence-corrected chi connectivity index (χ0v) is 20.2. The van der Waals surface area contributed by atoms with Crippen LogP contribution in [0.3, 0.4) is 0 Å². The molecule has 178 valence electrons. The lowest BCUT2D eigenvalue weighted by molar-refractivity contribution is -0.113. The summed E-state index contributed by atoms with van der Waals surface area (Å²) in [6, 6.07) is 24.9. The number of allylic oxidation sites excluding steroid dienone is 1. The molecule has 0 aliphatic carbocycles. The fourth-order valence-electron chi connectivity index (χ4n) is 3.35. The van der Waals surface area contributed by atoms with Crippen molar-refractivity contribution in [2.45, 2.75) is 18.3 Å². The van der Waals surface area contributed by atoms with Crippen molar-refractivity contribution in [2.24, 2.45) is 0 Å². The van der Waals surface area contributed by atoms with Gasteiger partial charge >= 0.3 is 0 Å². The molecule has 1 aromatic heterocycles. The number of nitrogens with zero attached hydrogens (tertiary/aromatic N) is 3. The molecular formula is C27H26N4O3S. The van der Waals surface area contributed by atoms with Gasteiger partial charge in [0.1, 0.15) is 18.1 Å². The van der Waals surface area contributed by atoms with E-state index in [0.717, 1.165) is 22.6 Å². The zero-order valence-electron chi connectivity index (χ0n) is 19.4. The van der Waals surface area contributed by atoms with Gasteiger partial charge in [-0.15, -0.1) is 16.8 Å². The second kappa shape index (κ2) is 11.9. The third-order valence-corrected chi connectivity index (χ3v) is 6.06. The molecule has 0 bridgehead atoms. The van der Waals surface area contributed by atoms with Crippen molar-refractivity contribution in [1.29, 1.82) is 0 Å². The summed E-state index contributed by atoms with van der Waals surface area (Å²) in [7, 11) is 1.63. The van der Waals surface area contributed by atoms with Gasteiger partial charge in [0, 0.05) is 17.8 Å². The molecule has 1 N–H and O–H groups in total. The van der Waals surface area contributed by atoms with Gasteiger partial charge in [-0.05, 0) is 54.1 Å². The van der Waals surface area contributed by atoms with Crippen molar-refractivity contribution in [2.75, 3.05) is 18.2 Å². The molecule has 0 fully saturated rings. The molecule has 0 atom stereocenters. The van der Waals surface area contributed by atoms with Gasteiger partial charge in [0.2, 0.25) is 5.91 Å². The van der Waals surface area contributed by atoms with Crippen molar-refractivity contribution in [3.63, 3.8) is 0 Å². The molecule has 35 heavy (non-hydrogen) atoms. The number of anilines is 1. The molecule has 0 aliphatic heterocycles. The van der Waals surface area contributed by atoms with Crippen LogP contribution in [0.25, 0.3) is 11.4 Å². The Balaban J connectivity index is 1.33. The second-order valence-electron chi connectivity index (χ2n) is 7.57.